The molecular weight excluding hydrogens is 398 g/mol. The summed E-state index contributed by atoms with van der Waals surface area (Å²) in [4.78, 5) is 16.9. The van der Waals surface area contributed by atoms with Crippen molar-refractivity contribution in [3.63, 3.8) is 0 Å². The Morgan fingerprint density at radius 1 is 1.17 bits per heavy atom. The van der Waals surface area contributed by atoms with Crippen LogP contribution in [0.1, 0.15) is 43.7 Å². The molecule has 1 aliphatic rings. The monoisotopic (exact) mass is 418 g/mol. The number of aliphatic carboxylic acids is 1. The average Bonchev–Trinajstić information content (AvgIpc) is 3.01. The molecule has 1 atom stereocenters. The molecule has 2 aromatic carbocycles. The van der Waals surface area contributed by atoms with E-state index in [1.807, 2.05) is 6.92 Å². The maximum absolute atomic E-state index is 14.1. The number of hydrogen-bond acceptors (Lipinski definition) is 2. The number of carboxylic acids is 1. The molecule has 0 aliphatic heterocycles. The smallest absolute Gasteiger partial charge is 0.327 e. The van der Waals surface area contributed by atoms with E-state index in [1.54, 1.807) is 22.8 Å². The lowest BCUT2D eigenvalue weighted by Gasteiger charge is -2.30. The normalized spacial score (nSPS) is 16.3. The van der Waals surface area contributed by atoms with Crippen LogP contribution in [0.3, 0.4) is 0 Å². The minimum Gasteiger partial charge on any atom is -0.480 e. The van der Waals surface area contributed by atoms with Crippen LogP contribution >= 0.6 is 11.6 Å². The maximum atomic E-state index is 14.1. The molecule has 1 unspecified atom stereocenters. The third-order valence-electron chi connectivity index (χ3n) is 5.79. The topological polar surface area (TPSA) is 55.1 Å². The van der Waals surface area contributed by atoms with Gasteiger partial charge in [0.1, 0.15) is 11.9 Å². The highest BCUT2D eigenvalue weighted by Crippen LogP contribution is 2.39. The predicted octanol–water partition coefficient (Wildman–Crippen LogP) is 6.15. The Hall–Kier alpha value is -2.47. The fourth-order valence-corrected chi connectivity index (χ4v) is 4.64. The number of aryl methyl sites for hydroxylation is 1. The molecule has 0 spiro atoms. The van der Waals surface area contributed by atoms with Crippen molar-refractivity contribution in [3.05, 3.63) is 52.6 Å². The Kier molecular flexibility index (Phi) is 5.30. The fraction of sp³-hybridized carbons (Fsp3) is 0.364. The standard InChI is InChI=1S/C22H21ClF2N2O2/c1-12-9-14(23)7-8-15(12)21-26-18-10-16(24)17(25)11-19(18)27(21)20(22(28)29)13-5-3-2-4-6-13/h7-11,13,20H,2-6H2,1H3,(H,28,29). The number of benzene rings is 2. The molecule has 4 rings (SSSR count). The number of hydrogen-bond donors (Lipinski definition) is 1. The molecule has 4 nitrogen and oxygen atoms in total. The molecule has 1 heterocycles. The summed E-state index contributed by atoms with van der Waals surface area (Å²) >= 11 is 6.08. The summed E-state index contributed by atoms with van der Waals surface area (Å²) in [6.45, 7) is 1.85. The number of halogens is 3. The largest absolute Gasteiger partial charge is 0.480 e. The van der Waals surface area contributed by atoms with Crippen molar-refractivity contribution in [1.29, 1.82) is 0 Å². The van der Waals surface area contributed by atoms with Crippen molar-refractivity contribution >= 4 is 28.6 Å². The van der Waals surface area contributed by atoms with Crippen LogP contribution in [-0.2, 0) is 4.79 Å². The molecule has 29 heavy (non-hydrogen) atoms. The fourth-order valence-electron chi connectivity index (χ4n) is 4.41. The predicted molar refractivity (Wildman–Crippen MR) is 108 cm³/mol. The van der Waals surface area contributed by atoms with Gasteiger partial charge in [-0.1, -0.05) is 30.9 Å². The van der Waals surface area contributed by atoms with Crippen molar-refractivity contribution in [2.45, 2.75) is 45.1 Å². The molecule has 0 radical (unpaired) electrons. The Morgan fingerprint density at radius 2 is 1.86 bits per heavy atom. The third kappa shape index (κ3) is 3.62. The van der Waals surface area contributed by atoms with Gasteiger partial charge in [-0.05, 0) is 49.4 Å². The second kappa shape index (κ2) is 7.75. The number of carbonyl (C=O) groups is 1. The molecule has 0 saturated heterocycles. The third-order valence-corrected chi connectivity index (χ3v) is 6.02. The van der Waals surface area contributed by atoms with Crippen LogP contribution in [0.15, 0.2) is 30.3 Å². The maximum Gasteiger partial charge on any atom is 0.327 e. The quantitative estimate of drug-likeness (QED) is 0.552. The second-order valence-corrected chi connectivity index (χ2v) is 8.14. The highest BCUT2D eigenvalue weighted by molar-refractivity contribution is 6.30. The van der Waals surface area contributed by atoms with E-state index in [2.05, 4.69) is 4.98 Å². The van der Waals surface area contributed by atoms with Crippen LogP contribution < -0.4 is 0 Å². The lowest BCUT2D eigenvalue weighted by Crippen LogP contribution is -2.29. The van der Waals surface area contributed by atoms with E-state index in [4.69, 9.17) is 11.6 Å². The molecule has 1 N–H and O–H groups in total. The summed E-state index contributed by atoms with van der Waals surface area (Å²) in [5.74, 6) is -2.74. The molecule has 0 amide bonds. The number of carboxylic acid groups (broad SMARTS) is 1. The minimum atomic E-state index is -1.02. The van der Waals surface area contributed by atoms with Crippen molar-refractivity contribution in [1.82, 2.24) is 9.55 Å². The number of fused-ring (bicyclic) bond motifs is 1. The molecule has 1 fully saturated rings. The van der Waals surface area contributed by atoms with Gasteiger partial charge in [0.15, 0.2) is 11.6 Å². The van der Waals surface area contributed by atoms with Crippen LogP contribution in [0.5, 0.6) is 0 Å². The Morgan fingerprint density at radius 3 is 2.52 bits per heavy atom. The first-order chi connectivity index (χ1) is 13.9. The van der Waals surface area contributed by atoms with E-state index in [-0.39, 0.29) is 17.0 Å². The van der Waals surface area contributed by atoms with Crippen LogP contribution in [0.2, 0.25) is 5.02 Å². The summed E-state index contributed by atoms with van der Waals surface area (Å²) in [5, 5.41) is 10.7. The molecule has 7 heteroatoms. The van der Waals surface area contributed by atoms with E-state index in [9.17, 15) is 18.7 Å². The van der Waals surface area contributed by atoms with Crippen molar-refractivity contribution < 1.29 is 18.7 Å². The van der Waals surface area contributed by atoms with E-state index >= 15 is 0 Å². The number of aromatic nitrogens is 2. The summed E-state index contributed by atoms with van der Waals surface area (Å²) in [6, 6.07) is 6.39. The lowest BCUT2D eigenvalue weighted by atomic mass is 9.83. The van der Waals surface area contributed by atoms with E-state index in [0.29, 0.717) is 16.4 Å². The molecule has 1 aliphatic carbocycles. The Bertz CT molecular complexity index is 1090. The average molecular weight is 419 g/mol. The van der Waals surface area contributed by atoms with Gasteiger partial charge in [-0.25, -0.2) is 18.6 Å². The molecule has 1 saturated carbocycles. The van der Waals surface area contributed by atoms with E-state index in [0.717, 1.165) is 49.8 Å². The zero-order valence-corrected chi connectivity index (χ0v) is 16.7. The number of rotatable bonds is 4. The summed E-state index contributed by atoms with van der Waals surface area (Å²) in [6.07, 6.45) is 4.55. The van der Waals surface area contributed by atoms with Crippen molar-refractivity contribution in [3.8, 4) is 11.4 Å². The van der Waals surface area contributed by atoms with Crippen molar-refractivity contribution in [2.24, 2.45) is 5.92 Å². The van der Waals surface area contributed by atoms with Crippen LogP contribution in [-0.4, -0.2) is 20.6 Å². The molecule has 1 aromatic heterocycles. The zero-order valence-electron chi connectivity index (χ0n) is 16.0. The van der Waals surface area contributed by atoms with Gasteiger partial charge in [-0.2, -0.15) is 0 Å². The van der Waals surface area contributed by atoms with Crippen LogP contribution in [0.25, 0.3) is 22.4 Å². The molecule has 3 aromatic rings. The first-order valence-electron chi connectivity index (χ1n) is 9.73. The first kappa shape index (κ1) is 19.8. The van der Waals surface area contributed by atoms with Gasteiger partial charge < -0.3 is 9.67 Å². The zero-order chi connectivity index (χ0) is 20.7. The van der Waals surface area contributed by atoms with Gasteiger partial charge in [0, 0.05) is 22.7 Å². The second-order valence-electron chi connectivity index (χ2n) is 7.70. The summed E-state index contributed by atoms with van der Waals surface area (Å²) in [5.41, 5.74) is 2.01. The van der Waals surface area contributed by atoms with Crippen molar-refractivity contribution in [2.75, 3.05) is 0 Å². The highest BCUT2D eigenvalue weighted by atomic mass is 35.5. The molecule has 152 valence electrons. The number of nitrogens with zero attached hydrogens (tertiary/aromatic N) is 2. The van der Waals surface area contributed by atoms with Gasteiger partial charge in [-0.15, -0.1) is 0 Å². The minimum absolute atomic E-state index is 0.0990. The van der Waals surface area contributed by atoms with Gasteiger partial charge in [-0.3, -0.25) is 0 Å². The summed E-state index contributed by atoms with van der Waals surface area (Å²) in [7, 11) is 0. The lowest BCUT2D eigenvalue weighted by molar-refractivity contribution is -0.143. The first-order valence-corrected chi connectivity index (χ1v) is 10.1. The molecular formula is C22H21ClF2N2O2. The summed E-state index contributed by atoms with van der Waals surface area (Å²) < 4.78 is 29.6. The van der Waals surface area contributed by atoms with Gasteiger partial charge in [0.05, 0.1) is 11.0 Å². The van der Waals surface area contributed by atoms with E-state index in [1.165, 1.54) is 0 Å². The Balaban J connectivity index is 2.01. The van der Waals surface area contributed by atoms with E-state index < -0.39 is 23.6 Å². The molecule has 0 bridgehead atoms. The van der Waals surface area contributed by atoms with Gasteiger partial charge >= 0.3 is 5.97 Å². The van der Waals surface area contributed by atoms with Gasteiger partial charge in [0.2, 0.25) is 0 Å². The Labute approximate surface area is 172 Å². The van der Waals surface area contributed by atoms with Gasteiger partial charge in [0.25, 0.3) is 0 Å². The van der Waals surface area contributed by atoms with Crippen LogP contribution in [0, 0.1) is 24.5 Å². The SMILES string of the molecule is Cc1cc(Cl)ccc1-c1nc2cc(F)c(F)cc2n1C(C(=O)O)C1CCCCC1. The van der Waals surface area contributed by atoms with Crippen LogP contribution in [0.4, 0.5) is 8.78 Å². The number of imidazole rings is 1. The highest BCUT2D eigenvalue weighted by Gasteiger charge is 2.34.